The summed E-state index contributed by atoms with van der Waals surface area (Å²) in [7, 11) is 1.72. The predicted octanol–water partition coefficient (Wildman–Crippen LogP) is 2.61. The Hall–Kier alpha value is -2.54. The zero-order valence-electron chi connectivity index (χ0n) is 17.1. The van der Waals surface area contributed by atoms with Gasteiger partial charge in [-0.15, -0.1) is 0 Å². The van der Waals surface area contributed by atoms with Crippen LogP contribution in [0.25, 0.3) is 0 Å². The SMILES string of the molecule is COc1ccccc1C[C@@H]1CCCCCN1c1nc(N2CCOCC2)cc(=O)[nH]1. The summed E-state index contributed by atoms with van der Waals surface area (Å²) >= 11 is 0. The number of nitrogens with one attached hydrogen (secondary N) is 1. The van der Waals surface area contributed by atoms with Crippen LogP contribution in [0.4, 0.5) is 11.8 Å². The maximum atomic E-state index is 12.4. The number of nitrogens with zero attached hydrogens (tertiary/aromatic N) is 3. The Morgan fingerprint density at radius 3 is 2.83 bits per heavy atom. The van der Waals surface area contributed by atoms with Gasteiger partial charge in [-0.2, -0.15) is 4.98 Å². The van der Waals surface area contributed by atoms with E-state index in [2.05, 4.69) is 26.9 Å². The molecule has 7 nitrogen and oxygen atoms in total. The number of para-hydroxylation sites is 1. The fourth-order valence-corrected chi connectivity index (χ4v) is 4.32. The van der Waals surface area contributed by atoms with Crippen molar-refractivity contribution in [2.75, 3.05) is 49.8 Å². The van der Waals surface area contributed by atoms with Gasteiger partial charge in [0.25, 0.3) is 5.56 Å². The van der Waals surface area contributed by atoms with Crippen molar-refractivity contribution in [1.29, 1.82) is 0 Å². The summed E-state index contributed by atoms with van der Waals surface area (Å²) in [6.45, 7) is 3.77. The second-order valence-corrected chi connectivity index (χ2v) is 7.74. The van der Waals surface area contributed by atoms with E-state index in [1.165, 1.54) is 18.4 Å². The van der Waals surface area contributed by atoms with E-state index in [9.17, 15) is 4.79 Å². The first kappa shape index (κ1) is 19.8. The molecule has 0 unspecified atom stereocenters. The van der Waals surface area contributed by atoms with Gasteiger partial charge in [0.2, 0.25) is 5.95 Å². The van der Waals surface area contributed by atoms with Gasteiger partial charge < -0.3 is 19.3 Å². The van der Waals surface area contributed by atoms with Crippen LogP contribution in [0, 0.1) is 0 Å². The zero-order chi connectivity index (χ0) is 20.1. The lowest BCUT2D eigenvalue weighted by molar-refractivity contribution is 0.122. The Kier molecular flexibility index (Phi) is 6.34. The molecule has 0 saturated carbocycles. The third kappa shape index (κ3) is 4.72. The molecule has 3 heterocycles. The predicted molar refractivity (Wildman–Crippen MR) is 114 cm³/mol. The Morgan fingerprint density at radius 2 is 2.00 bits per heavy atom. The number of aromatic amines is 1. The van der Waals surface area contributed by atoms with Gasteiger partial charge in [-0.3, -0.25) is 9.78 Å². The summed E-state index contributed by atoms with van der Waals surface area (Å²) in [5.74, 6) is 2.34. The summed E-state index contributed by atoms with van der Waals surface area (Å²) in [6, 6.07) is 10.1. The maximum absolute atomic E-state index is 12.4. The highest BCUT2D eigenvalue weighted by Crippen LogP contribution is 2.28. The molecule has 7 heteroatoms. The molecule has 1 aromatic heterocycles. The summed E-state index contributed by atoms with van der Waals surface area (Å²) in [6.07, 6.45) is 5.43. The van der Waals surface area contributed by atoms with Crippen molar-refractivity contribution in [2.24, 2.45) is 0 Å². The lowest BCUT2D eigenvalue weighted by Crippen LogP contribution is -2.41. The average Bonchev–Trinajstić information content (AvgIpc) is 3.00. The average molecular weight is 399 g/mol. The van der Waals surface area contributed by atoms with Gasteiger partial charge in [0, 0.05) is 31.7 Å². The molecule has 0 radical (unpaired) electrons. The van der Waals surface area contributed by atoms with Crippen molar-refractivity contribution in [2.45, 2.75) is 38.1 Å². The maximum Gasteiger partial charge on any atom is 0.254 e. The van der Waals surface area contributed by atoms with Gasteiger partial charge in [-0.05, 0) is 30.9 Å². The number of rotatable bonds is 5. The Labute approximate surface area is 171 Å². The van der Waals surface area contributed by atoms with E-state index in [-0.39, 0.29) is 11.6 Å². The van der Waals surface area contributed by atoms with Crippen molar-refractivity contribution in [3.63, 3.8) is 0 Å². The first-order chi connectivity index (χ1) is 14.2. The molecule has 2 aliphatic rings. The fraction of sp³-hybridized carbons (Fsp3) is 0.545. The van der Waals surface area contributed by atoms with Crippen LogP contribution in [-0.4, -0.2) is 56.0 Å². The van der Waals surface area contributed by atoms with Crippen LogP contribution in [0.5, 0.6) is 5.75 Å². The van der Waals surface area contributed by atoms with E-state index < -0.39 is 0 Å². The van der Waals surface area contributed by atoms with Crippen LogP contribution < -0.4 is 20.1 Å². The van der Waals surface area contributed by atoms with Crippen molar-refractivity contribution < 1.29 is 9.47 Å². The number of ether oxygens (including phenoxy) is 2. The molecule has 2 aliphatic heterocycles. The van der Waals surface area contributed by atoms with Gasteiger partial charge in [-0.1, -0.05) is 31.0 Å². The Balaban J connectivity index is 1.63. The van der Waals surface area contributed by atoms with E-state index in [0.29, 0.717) is 19.2 Å². The van der Waals surface area contributed by atoms with Crippen LogP contribution in [0.1, 0.15) is 31.2 Å². The third-order valence-corrected chi connectivity index (χ3v) is 5.85. The normalized spacial score (nSPS) is 20.4. The molecule has 0 spiro atoms. The van der Waals surface area contributed by atoms with Crippen molar-refractivity contribution in [3.8, 4) is 5.75 Å². The van der Waals surface area contributed by atoms with E-state index in [1.807, 2.05) is 12.1 Å². The molecular weight excluding hydrogens is 368 g/mol. The van der Waals surface area contributed by atoms with E-state index >= 15 is 0 Å². The number of anilines is 2. The number of morpholine rings is 1. The fourth-order valence-electron chi connectivity index (χ4n) is 4.32. The third-order valence-electron chi connectivity index (χ3n) is 5.85. The molecule has 2 aromatic rings. The summed E-state index contributed by atoms with van der Waals surface area (Å²) in [4.78, 5) is 24.7. The summed E-state index contributed by atoms with van der Waals surface area (Å²) in [5, 5.41) is 0. The molecule has 2 fully saturated rings. The number of aromatic nitrogens is 2. The van der Waals surface area contributed by atoms with Gasteiger partial charge in [0.05, 0.1) is 20.3 Å². The molecule has 29 heavy (non-hydrogen) atoms. The van der Waals surface area contributed by atoms with Crippen LogP contribution in [0.15, 0.2) is 35.1 Å². The monoisotopic (exact) mass is 398 g/mol. The first-order valence-electron chi connectivity index (χ1n) is 10.6. The van der Waals surface area contributed by atoms with E-state index in [4.69, 9.17) is 14.5 Å². The minimum atomic E-state index is -0.100. The highest BCUT2D eigenvalue weighted by atomic mass is 16.5. The van der Waals surface area contributed by atoms with Gasteiger partial charge in [0.15, 0.2) is 0 Å². The Bertz CT molecular complexity index is 863. The number of H-pyrrole nitrogens is 1. The molecule has 0 bridgehead atoms. The van der Waals surface area contributed by atoms with Crippen LogP contribution >= 0.6 is 0 Å². The van der Waals surface area contributed by atoms with E-state index in [1.54, 1.807) is 13.2 Å². The standard InChI is InChI=1S/C22H30N4O3/c1-28-19-9-5-4-7-17(19)15-18-8-3-2-6-10-26(18)22-23-20(16-21(27)24-22)25-11-13-29-14-12-25/h4-5,7,9,16,18H,2-3,6,8,10-15H2,1H3,(H,23,24,27)/t18-/m0/s1. The molecule has 4 rings (SSSR count). The van der Waals surface area contributed by atoms with Crippen molar-refractivity contribution in [3.05, 3.63) is 46.2 Å². The van der Waals surface area contributed by atoms with Crippen molar-refractivity contribution in [1.82, 2.24) is 9.97 Å². The molecule has 1 N–H and O–H groups in total. The second kappa shape index (κ2) is 9.31. The highest BCUT2D eigenvalue weighted by Gasteiger charge is 2.25. The number of hydrogen-bond donors (Lipinski definition) is 1. The zero-order valence-corrected chi connectivity index (χ0v) is 17.1. The first-order valence-corrected chi connectivity index (χ1v) is 10.6. The van der Waals surface area contributed by atoms with Gasteiger partial charge in [-0.25, -0.2) is 0 Å². The smallest absolute Gasteiger partial charge is 0.254 e. The second-order valence-electron chi connectivity index (χ2n) is 7.74. The molecule has 1 atom stereocenters. The number of benzene rings is 1. The molecule has 0 amide bonds. The topological polar surface area (TPSA) is 70.7 Å². The summed E-state index contributed by atoms with van der Waals surface area (Å²) < 4.78 is 11.0. The van der Waals surface area contributed by atoms with Gasteiger partial charge >= 0.3 is 0 Å². The minimum Gasteiger partial charge on any atom is -0.496 e. The molecular formula is C22H30N4O3. The summed E-state index contributed by atoms with van der Waals surface area (Å²) in [5.41, 5.74) is 1.09. The van der Waals surface area contributed by atoms with E-state index in [0.717, 1.165) is 50.5 Å². The van der Waals surface area contributed by atoms with Crippen LogP contribution in [-0.2, 0) is 11.2 Å². The van der Waals surface area contributed by atoms with Crippen molar-refractivity contribution >= 4 is 11.8 Å². The molecule has 1 aromatic carbocycles. The van der Waals surface area contributed by atoms with Gasteiger partial charge in [0.1, 0.15) is 11.6 Å². The lowest BCUT2D eigenvalue weighted by Gasteiger charge is -2.33. The number of methoxy groups -OCH3 is 1. The largest absolute Gasteiger partial charge is 0.496 e. The van der Waals surface area contributed by atoms with Crippen LogP contribution in [0.2, 0.25) is 0 Å². The quantitative estimate of drug-likeness (QED) is 0.835. The Morgan fingerprint density at radius 1 is 1.17 bits per heavy atom. The van der Waals surface area contributed by atoms with Crippen LogP contribution in [0.3, 0.4) is 0 Å². The molecule has 2 saturated heterocycles. The number of hydrogen-bond acceptors (Lipinski definition) is 6. The molecule has 0 aliphatic carbocycles. The minimum absolute atomic E-state index is 0.100. The molecule has 156 valence electrons. The lowest BCUT2D eigenvalue weighted by atomic mass is 10.00. The highest BCUT2D eigenvalue weighted by molar-refractivity contribution is 5.45.